The number of hydrogen-bond acceptors (Lipinski definition) is 3. The number of hydrogen-bond donors (Lipinski definition) is 3. The third kappa shape index (κ3) is 2.24. The molecular weight excluding hydrogens is 288 g/mol. The van der Waals surface area contributed by atoms with Gasteiger partial charge >= 0.3 is 5.97 Å². The maximum atomic E-state index is 11.1. The Balaban J connectivity index is 0.00000156. The van der Waals surface area contributed by atoms with Crippen molar-refractivity contribution in [3.05, 3.63) is 54.6 Å². The minimum atomic E-state index is -0.856. The normalized spacial score (nSPS) is 12.4. The van der Waals surface area contributed by atoms with E-state index in [1.54, 1.807) is 6.92 Å². The molecule has 0 radical (unpaired) electrons. The highest BCUT2D eigenvalue weighted by molar-refractivity contribution is 6.25. The van der Waals surface area contributed by atoms with Crippen molar-refractivity contribution in [3.63, 3.8) is 0 Å². The van der Waals surface area contributed by atoms with E-state index in [1.807, 2.05) is 12.1 Å². The molecule has 0 aliphatic rings. The number of carboxylic acid groups (broad SMARTS) is 1. The van der Waals surface area contributed by atoms with E-state index in [9.17, 15) is 4.79 Å². The van der Waals surface area contributed by atoms with Crippen LogP contribution in [0.1, 0.15) is 6.92 Å². The first-order valence-electron chi connectivity index (χ1n) is 7.31. The Morgan fingerprint density at radius 3 is 2.13 bits per heavy atom. The van der Waals surface area contributed by atoms with Crippen molar-refractivity contribution in [2.24, 2.45) is 0 Å². The van der Waals surface area contributed by atoms with Crippen molar-refractivity contribution in [2.75, 3.05) is 5.32 Å². The van der Waals surface area contributed by atoms with E-state index in [0.29, 0.717) is 0 Å². The highest BCUT2D eigenvalue weighted by atomic mass is 16.4. The Bertz CT molecular complexity index is 994. The van der Waals surface area contributed by atoms with Crippen LogP contribution >= 0.6 is 0 Å². The summed E-state index contributed by atoms with van der Waals surface area (Å²) in [5.74, 6) is -0.856. The molecule has 4 aromatic rings. The number of nitrogens with one attached hydrogen (secondary N) is 1. The average molecular weight is 306 g/mol. The van der Waals surface area contributed by atoms with Gasteiger partial charge in [-0.05, 0) is 39.9 Å². The van der Waals surface area contributed by atoms with Crippen molar-refractivity contribution >= 4 is 44.0 Å². The van der Waals surface area contributed by atoms with Crippen LogP contribution in [-0.4, -0.2) is 17.1 Å². The third-order valence-electron chi connectivity index (χ3n) is 4.27. The Kier molecular flexibility index (Phi) is 3.54. The molecule has 4 rings (SSSR count). The molecule has 23 heavy (non-hydrogen) atoms. The Morgan fingerprint density at radius 2 is 1.48 bits per heavy atom. The van der Waals surface area contributed by atoms with Gasteiger partial charge < -0.3 is 16.6 Å². The third-order valence-corrected chi connectivity index (χ3v) is 4.27. The predicted molar refractivity (Wildman–Crippen MR) is 95.9 cm³/mol. The zero-order chi connectivity index (χ0) is 15.3. The van der Waals surface area contributed by atoms with Gasteiger partial charge in [-0.15, -0.1) is 0 Å². The van der Waals surface area contributed by atoms with Crippen LogP contribution in [-0.2, 0) is 4.79 Å². The fourth-order valence-electron chi connectivity index (χ4n) is 3.16. The number of aliphatic carboxylic acids is 1. The number of benzene rings is 4. The van der Waals surface area contributed by atoms with Crippen LogP contribution in [0.15, 0.2) is 54.6 Å². The summed E-state index contributed by atoms with van der Waals surface area (Å²) in [6.07, 6.45) is 0. The molecule has 0 fully saturated rings. The molecule has 0 saturated heterocycles. The van der Waals surface area contributed by atoms with Gasteiger partial charge in [-0.2, -0.15) is 0 Å². The van der Waals surface area contributed by atoms with E-state index >= 15 is 0 Å². The van der Waals surface area contributed by atoms with Crippen LogP contribution in [0.25, 0.3) is 32.3 Å². The first kappa shape index (κ1) is 15.1. The molecule has 0 bridgehead atoms. The van der Waals surface area contributed by atoms with E-state index in [2.05, 4.69) is 47.8 Å². The number of carboxylic acids is 1. The summed E-state index contributed by atoms with van der Waals surface area (Å²) in [6.45, 7) is 1.65. The minimum Gasteiger partial charge on any atom is -0.480 e. The van der Waals surface area contributed by atoms with Crippen LogP contribution in [0.2, 0.25) is 0 Å². The Hall–Kier alpha value is -2.85. The molecule has 0 saturated carbocycles. The summed E-state index contributed by atoms with van der Waals surface area (Å²) < 4.78 is 0. The topological polar surface area (TPSA) is 84.3 Å². The van der Waals surface area contributed by atoms with Gasteiger partial charge in [0.05, 0.1) is 0 Å². The minimum absolute atomic E-state index is 0. The molecular formula is C19H18N2O2. The fourth-order valence-corrected chi connectivity index (χ4v) is 3.16. The van der Waals surface area contributed by atoms with Crippen molar-refractivity contribution in [1.29, 1.82) is 0 Å². The van der Waals surface area contributed by atoms with Gasteiger partial charge in [0, 0.05) is 11.1 Å². The SMILES string of the molecule is CC(Nc1ccc2ccc3cccc4ccc1c2c34)C(=O)O.N. The lowest BCUT2D eigenvalue weighted by atomic mass is 9.93. The van der Waals surface area contributed by atoms with E-state index in [0.717, 1.165) is 11.1 Å². The van der Waals surface area contributed by atoms with Gasteiger partial charge in [0.1, 0.15) is 6.04 Å². The summed E-state index contributed by atoms with van der Waals surface area (Å²) in [5, 5.41) is 19.3. The second kappa shape index (κ2) is 5.41. The molecule has 0 aliphatic heterocycles. The van der Waals surface area contributed by atoms with E-state index in [1.165, 1.54) is 26.9 Å². The molecule has 0 heterocycles. The number of anilines is 1. The Morgan fingerprint density at radius 1 is 0.913 bits per heavy atom. The molecule has 0 spiro atoms. The van der Waals surface area contributed by atoms with Crippen LogP contribution in [0, 0.1) is 0 Å². The summed E-state index contributed by atoms with van der Waals surface area (Å²) in [5.41, 5.74) is 0.862. The summed E-state index contributed by atoms with van der Waals surface area (Å²) in [4.78, 5) is 11.1. The van der Waals surface area contributed by atoms with Crippen molar-refractivity contribution < 1.29 is 9.90 Å². The predicted octanol–water partition coefficient (Wildman–Crippen LogP) is 4.63. The van der Waals surface area contributed by atoms with Crippen LogP contribution in [0.3, 0.4) is 0 Å². The maximum Gasteiger partial charge on any atom is 0.325 e. The molecule has 0 aliphatic carbocycles. The lowest BCUT2D eigenvalue weighted by Crippen LogP contribution is -2.25. The second-order valence-electron chi connectivity index (χ2n) is 5.67. The van der Waals surface area contributed by atoms with E-state index < -0.39 is 12.0 Å². The van der Waals surface area contributed by atoms with Crippen molar-refractivity contribution in [3.8, 4) is 0 Å². The van der Waals surface area contributed by atoms with E-state index in [4.69, 9.17) is 5.11 Å². The van der Waals surface area contributed by atoms with Gasteiger partial charge in [0.25, 0.3) is 0 Å². The first-order chi connectivity index (χ1) is 10.6. The molecule has 0 amide bonds. The zero-order valence-electron chi connectivity index (χ0n) is 12.8. The molecule has 4 heteroatoms. The second-order valence-corrected chi connectivity index (χ2v) is 5.67. The highest BCUT2D eigenvalue weighted by Gasteiger charge is 2.14. The van der Waals surface area contributed by atoms with Gasteiger partial charge in [0.15, 0.2) is 0 Å². The molecule has 0 aromatic heterocycles. The molecule has 5 N–H and O–H groups in total. The van der Waals surface area contributed by atoms with Crippen molar-refractivity contribution in [1.82, 2.24) is 6.15 Å². The molecule has 1 atom stereocenters. The number of rotatable bonds is 3. The van der Waals surface area contributed by atoms with Gasteiger partial charge in [-0.25, -0.2) is 0 Å². The van der Waals surface area contributed by atoms with Crippen LogP contribution < -0.4 is 11.5 Å². The van der Waals surface area contributed by atoms with Crippen LogP contribution in [0.4, 0.5) is 5.69 Å². The molecule has 1 unspecified atom stereocenters. The van der Waals surface area contributed by atoms with Gasteiger partial charge in [0.2, 0.25) is 0 Å². The molecule has 116 valence electrons. The fraction of sp³-hybridized carbons (Fsp3) is 0.105. The lowest BCUT2D eigenvalue weighted by Gasteiger charge is -2.16. The quantitative estimate of drug-likeness (QED) is 0.482. The largest absolute Gasteiger partial charge is 0.480 e. The molecule has 4 aromatic carbocycles. The van der Waals surface area contributed by atoms with Gasteiger partial charge in [-0.1, -0.05) is 48.5 Å². The van der Waals surface area contributed by atoms with Crippen LogP contribution in [0.5, 0.6) is 0 Å². The first-order valence-corrected chi connectivity index (χ1v) is 7.31. The lowest BCUT2D eigenvalue weighted by molar-refractivity contribution is -0.137. The monoisotopic (exact) mass is 306 g/mol. The molecule has 4 nitrogen and oxygen atoms in total. The summed E-state index contributed by atoms with van der Waals surface area (Å²) in [6, 6.07) is 18.1. The summed E-state index contributed by atoms with van der Waals surface area (Å²) in [7, 11) is 0. The zero-order valence-corrected chi connectivity index (χ0v) is 12.8. The highest BCUT2D eigenvalue weighted by Crippen LogP contribution is 2.37. The van der Waals surface area contributed by atoms with E-state index in [-0.39, 0.29) is 6.15 Å². The smallest absolute Gasteiger partial charge is 0.325 e. The van der Waals surface area contributed by atoms with Crippen molar-refractivity contribution in [2.45, 2.75) is 13.0 Å². The summed E-state index contributed by atoms with van der Waals surface area (Å²) >= 11 is 0. The van der Waals surface area contributed by atoms with Gasteiger partial charge in [-0.3, -0.25) is 4.79 Å². The number of carbonyl (C=O) groups is 1. The average Bonchev–Trinajstić information content (AvgIpc) is 2.53. The Labute approximate surface area is 133 Å². The standard InChI is InChI=1S/C19H15NO2.H3N/c1-11(19(21)22)20-16-10-8-14-6-5-12-3-2-4-13-7-9-15(16)18(14)17(12)13;/h2-11,20H,1H3,(H,21,22);1H3. The maximum absolute atomic E-state index is 11.1.